The van der Waals surface area contributed by atoms with Crippen LogP contribution in [-0.4, -0.2) is 35.7 Å². The Hall–Kier alpha value is -0.440. The van der Waals surface area contributed by atoms with E-state index < -0.39 is 17.4 Å². The van der Waals surface area contributed by atoms with Gasteiger partial charge in [0.1, 0.15) is 0 Å². The van der Waals surface area contributed by atoms with Gasteiger partial charge in [-0.1, -0.05) is 0 Å². The predicted molar refractivity (Wildman–Crippen MR) is 73.0 cm³/mol. The topological polar surface area (TPSA) is 75.6 Å². The van der Waals surface area contributed by atoms with Gasteiger partial charge < -0.3 is 15.2 Å². The van der Waals surface area contributed by atoms with E-state index in [2.05, 4.69) is 37.2 Å². The van der Waals surface area contributed by atoms with Crippen molar-refractivity contribution in [2.24, 2.45) is 0 Å². The van der Waals surface area contributed by atoms with Gasteiger partial charge in [-0.25, -0.2) is 4.79 Å². The third-order valence-corrected chi connectivity index (χ3v) is 5.02. The molecule has 1 aliphatic rings. The van der Waals surface area contributed by atoms with Gasteiger partial charge in [-0.15, -0.1) is 11.3 Å². The molecule has 1 aliphatic heterocycles. The number of carbonyl (C=O) groups is 2. The van der Waals surface area contributed by atoms with Crippen LogP contribution in [0.5, 0.6) is 0 Å². The molecule has 1 fully saturated rings. The SMILES string of the molecule is O=C(NC1(C(=O)O)CCOC1)c1cc(Br)sc1Br. The highest BCUT2D eigenvalue weighted by Gasteiger charge is 2.44. The first-order chi connectivity index (χ1) is 8.44. The molecule has 2 heterocycles. The van der Waals surface area contributed by atoms with Crippen LogP contribution in [-0.2, 0) is 9.53 Å². The number of aliphatic carboxylic acids is 1. The molecule has 5 nitrogen and oxygen atoms in total. The van der Waals surface area contributed by atoms with Gasteiger partial charge in [0, 0.05) is 13.0 Å². The summed E-state index contributed by atoms with van der Waals surface area (Å²) in [5.74, 6) is -1.49. The van der Waals surface area contributed by atoms with Gasteiger partial charge in [-0.3, -0.25) is 4.79 Å². The minimum atomic E-state index is -1.31. The molecule has 1 aromatic heterocycles. The first kappa shape index (κ1) is 14.0. The van der Waals surface area contributed by atoms with E-state index in [0.717, 1.165) is 3.79 Å². The number of halogens is 2. The molecule has 0 bridgehead atoms. The standard InChI is InChI=1S/C10H9Br2NO4S/c11-6-3-5(7(12)18-6)8(14)13-10(9(15)16)1-2-17-4-10/h3H,1-2,4H2,(H,13,14)(H,15,16). The van der Waals surface area contributed by atoms with Gasteiger partial charge >= 0.3 is 5.97 Å². The molecule has 98 valence electrons. The molecule has 1 unspecified atom stereocenters. The fraction of sp³-hybridized carbons (Fsp3) is 0.400. The zero-order valence-electron chi connectivity index (χ0n) is 9.03. The van der Waals surface area contributed by atoms with Gasteiger partial charge in [0.25, 0.3) is 5.91 Å². The van der Waals surface area contributed by atoms with Crippen LogP contribution < -0.4 is 5.32 Å². The summed E-state index contributed by atoms with van der Waals surface area (Å²) < 4.78 is 6.54. The van der Waals surface area contributed by atoms with E-state index in [9.17, 15) is 14.7 Å². The zero-order chi connectivity index (χ0) is 13.3. The minimum absolute atomic E-state index is 0.00298. The Kier molecular flexibility index (Phi) is 4.10. The molecule has 0 radical (unpaired) electrons. The summed E-state index contributed by atoms with van der Waals surface area (Å²) >= 11 is 7.90. The molecule has 8 heteroatoms. The Morgan fingerprint density at radius 2 is 2.22 bits per heavy atom. The zero-order valence-corrected chi connectivity index (χ0v) is 13.0. The van der Waals surface area contributed by atoms with E-state index in [-0.39, 0.29) is 13.0 Å². The van der Waals surface area contributed by atoms with Gasteiger partial charge in [-0.05, 0) is 37.9 Å². The summed E-state index contributed by atoms with van der Waals surface area (Å²) in [6.07, 6.45) is 0.275. The molecule has 18 heavy (non-hydrogen) atoms. The number of carboxylic acids is 1. The third kappa shape index (κ3) is 2.61. The van der Waals surface area contributed by atoms with Gasteiger partial charge in [-0.2, -0.15) is 0 Å². The van der Waals surface area contributed by atoms with Crippen LogP contribution in [0.3, 0.4) is 0 Å². The summed E-state index contributed by atoms with van der Waals surface area (Å²) in [4.78, 5) is 23.3. The van der Waals surface area contributed by atoms with Crippen LogP contribution in [0.15, 0.2) is 13.6 Å². The van der Waals surface area contributed by atoms with E-state index in [1.807, 2.05) is 0 Å². The molecular formula is C10H9Br2NO4S. The number of nitrogens with one attached hydrogen (secondary N) is 1. The lowest BCUT2D eigenvalue weighted by atomic mass is 9.98. The normalized spacial score (nSPS) is 23.0. The highest BCUT2D eigenvalue weighted by atomic mass is 79.9. The summed E-state index contributed by atoms with van der Waals surface area (Å²) in [5.41, 5.74) is -0.898. The average molecular weight is 399 g/mol. The molecular weight excluding hydrogens is 390 g/mol. The largest absolute Gasteiger partial charge is 0.479 e. The molecule has 2 N–H and O–H groups in total. The Morgan fingerprint density at radius 1 is 1.50 bits per heavy atom. The number of rotatable bonds is 3. The second-order valence-electron chi connectivity index (χ2n) is 3.88. The van der Waals surface area contributed by atoms with Crippen molar-refractivity contribution in [1.29, 1.82) is 0 Å². The molecule has 1 amide bonds. The van der Waals surface area contributed by atoms with E-state index in [0.29, 0.717) is 16.0 Å². The van der Waals surface area contributed by atoms with E-state index in [4.69, 9.17) is 4.74 Å². The number of hydrogen-bond donors (Lipinski definition) is 2. The number of ether oxygens (including phenoxy) is 1. The fourth-order valence-electron chi connectivity index (χ4n) is 1.67. The van der Waals surface area contributed by atoms with Crippen molar-refractivity contribution in [2.45, 2.75) is 12.0 Å². The van der Waals surface area contributed by atoms with Crippen molar-refractivity contribution in [3.05, 3.63) is 19.2 Å². The molecule has 0 saturated carbocycles. The van der Waals surface area contributed by atoms with Crippen LogP contribution >= 0.6 is 43.2 Å². The average Bonchev–Trinajstić information content (AvgIpc) is 2.86. The molecule has 0 aromatic carbocycles. The first-order valence-corrected chi connectivity index (χ1v) is 7.43. The maximum absolute atomic E-state index is 12.1. The summed E-state index contributed by atoms with van der Waals surface area (Å²) in [7, 11) is 0. The van der Waals surface area contributed by atoms with Crippen molar-refractivity contribution >= 4 is 55.1 Å². The lowest BCUT2D eigenvalue weighted by Crippen LogP contribution is -2.55. The molecule has 1 atom stereocenters. The third-order valence-electron chi connectivity index (χ3n) is 2.69. The number of thiophene rings is 1. The molecule has 2 rings (SSSR count). The lowest BCUT2D eigenvalue weighted by Gasteiger charge is -2.23. The van der Waals surface area contributed by atoms with Gasteiger partial charge in [0.05, 0.1) is 19.7 Å². The predicted octanol–water partition coefficient (Wildman–Crippen LogP) is 2.25. The maximum Gasteiger partial charge on any atom is 0.331 e. The fourth-order valence-corrected chi connectivity index (χ4v) is 4.46. The number of amides is 1. The Bertz CT molecular complexity index is 496. The molecule has 0 aliphatic carbocycles. The molecule has 0 spiro atoms. The van der Waals surface area contributed by atoms with Gasteiger partial charge in [0.2, 0.25) is 0 Å². The second kappa shape index (κ2) is 5.28. The van der Waals surface area contributed by atoms with Crippen molar-refractivity contribution < 1.29 is 19.4 Å². The van der Waals surface area contributed by atoms with E-state index in [1.54, 1.807) is 6.07 Å². The van der Waals surface area contributed by atoms with Crippen molar-refractivity contribution in [3.8, 4) is 0 Å². The minimum Gasteiger partial charge on any atom is -0.479 e. The molecule has 1 saturated heterocycles. The Morgan fingerprint density at radius 3 is 2.67 bits per heavy atom. The van der Waals surface area contributed by atoms with Crippen LogP contribution in [0.4, 0.5) is 0 Å². The Balaban J connectivity index is 2.20. The monoisotopic (exact) mass is 397 g/mol. The van der Waals surface area contributed by atoms with Crippen LogP contribution in [0.2, 0.25) is 0 Å². The smallest absolute Gasteiger partial charge is 0.331 e. The van der Waals surface area contributed by atoms with Gasteiger partial charge in [0.15, 0.2) is 5.54 Å². The summed E-state index contributed by atoms with van der Waals surface area (Å²) in [5, 5.41) is 11.8. The van der Waals surface area contributed by atoms with Crippen LogP contribution in [0, 0.1) is 0 Å². The Labute approximate surface area is 124 Å². The van der Waals surface area contributed by atoms with Crippen LogP contribution in [0.25, 0.3) is 0 Å². The summed E-state index contributed by atoms with van der Waals surface area (Å²) in [6, 6.07) is 1.65. The van der Waals surface area contributed by atoms with Crippen molar-refractivity contribution in [1.82, 2.24) is 5.32 Å². The second-order valence-corrected chi connectivity index (χ2v) is 7.63. The first-order valence-electron chi connectivity index (χ1n) is 5.03. The summed E-state index contributed by atoms with van der Waals surface area (Å²) in [6.45, 7) is 0.331. The number of carboxylic acid groups (broad SMARTS) is 1. The highest BCUT2D eigenvalue weighted by Crippen LogP contribution is 2.32. The van der Waals surface area contributed by atoms with Crippen LogP contribution in [0.1, 0.15) is 16.8 Å². The van der Waals surface area contributed by atoms with Crippen molar-refractivity contribution in [3.63, 3.8) is 0 Å². The quantitative estimate of drug-likeness (QED) is 0.818. The van der Waals surface area contributed by atoms with E-state index in [1.165, 1.54) is 11.3 Å². The molecule has 1 aromatic rings. The maximum atomic E-state index is 12.1. The highest BCUT2D eigenvalue weighted by molar-refractivity contribution is 9.12. The lowest BCUT2D eigenvalue weighted by molar-refractivity contribution is -0.144. The van der Waals surface area contributed by atoms with Crippen molar-refractivity contribution in [2.75, 3.05) is 13.2 Å². The van der Waals surface area contributed by atoms with E-state index >= 15 is 0 Å². The number of hydrogen-bond acceptors (Lipinski definition) is 4. The number of carbonyl (C=O) groups excluding carboxylic acids is 1.